The molecule has 0 saturated heterocycles. The van der Waals surface area contributed by atoms with Crippen molar-refractivity contribution < 1.29 is 9.84 Å². The molecule has 3 aromatic rings. The molecule has 1 atom stereocenters. The van der Waals surface area contributed by atoms with Crippen LogP contribution in [0.5, 0.6) is 5.75 Å². The van der Waals surface area contributed by atoms with Gasteiger partial charge in [0.15, 0.2) is 0 Å². The zero-order valence-corrected chi connectivity index (χ0v) is 11.0. The molecule has 1 N–H and O–H groups in total. The molecule has 0 aliphatic heterocycles. The number of rotatable bonds is 5. The molecular weight excluding hydrogens is 252 g/mol. The highest BCUT2D eigenvalue weighted by Gasteiger charge is 2.09. The maximum atomic E-state index is 10.1. The monoisotopic (exact) mass is 268 g/mol. The van der Waals surface area contributed by atoms with Crippen LogP contribution in [0.1, 0.15) is 0 Å². The van der Waals surface area contributed by atoms with E-state index < -0.39 is 6.10 Å². The molecule has 0 amide bonds. The molecule has 2 aromatic heterocycles. The van der Waals surface area contributed by atoms with Crippen molar-refractivity contribution in [2.45, 2.75) is 12.6 Å². The van der Waals surface area contributed by atoms with E-state index in [4.69, 9.17) is 4.74 Å². The fourth-order valence-electron chi connectivity index (χ4n) is 2.16. The van der Waals surface area contributed by atoms with Gasteiger partial charge in [-0.3, -0.25) is 0 Å². The highest BCUT2D eigenvalue weighted by Crippen LogP contribution is 2.13. The fourth-order valence-corrected chi connectivity index (χ4v) is 2.16. The molecule has 1 aromatic carbocycles. The largest absolute Gasteiger partial charge is 0.491 e. The molecule has 4 heteroatoms. The molecule has 4 nitrogen and oxygen atoms in total. The summed E-state index contributed by atoms with van der Waals surface area (Å²) in [6.45, 7) is 0.726. The van der Waals surface area contributed by atoms with E-state index in [2.05, 4.69) is 4.98 Å². The van der Waals surface area contributed by atoms with Gasteiger partial charge in [-0.05, 0) is 30.3 Å². The minimum absolute atomic E-state index is 0.260. The van der Waals surface area contributed by atoms with Crippen LogP contribution in [0.4, 0.5) is 0 Å². The first kappa shape index (κ1) is 12.7. The molecule has 102 valence electrons. The van der Waals surface area contributed by atoms with Crippen LogP contribution in [0.3, 0.4) is 0 Å². The lowest BCUT2D eigenvalue weighted by Gasteiger charge is -2.13. The van der Waals surface area contributed by atoms with Gasteiger partial charge in [-0.1, -0.05) is 18.2 Å². The molecule has 0 saturated carbocycles. The molecular formula is C16H16N2O2. The SMILES string of the molecule is OC(COc1ccccc1)Cn1ccc2cccnc21. The summed E-state index contributed by atoms with van der Waals surface area (Å²) >= 11 is 0. The molecule has 20 heavy (non-hydrogen) atoms. The first-order chi connectivity index (χ1) is 9.83. The van der Waals surface area contributed by atoms with Crippen molar-refractivity contribution in [1.29, 1.82) is 0 Å². The van der Waals surface area contributed by atoms with Crippen molar-refractivity contribution in [3.8, 4) is 5.75 Å². The highest BCUT2D eigenvalue weighted by atomic mass is 16.5. The summed E-state index contributed by atoms with van der Waals surface area (Å²) in [6, 6.07) is 15.4. The van der Waals surface area contributed by atoms with Gasteiger partial charge in [-0.2, -0.15) is 0 Å². The topological polar surface area (TPSA) is 47.3 Å². The molecule has 0 bridgehead atoms. The number of para-hydroxylation sites is 1. The van der Waals surface area contributed by atoms with Crippen LogP contribution < -0.4 is 4.74 Å². The summed E-state index contributed by atoms with van der Waals surface area (Å²) in [5.41, 5.74) is 0.881. The van der Waals surface area contributed by atoms with Crippen molar-refractivity contribution in [2.24, 2.45) is 0 Å². The molecule has 0 spiro atoms. The Kier molecular flexibility index (Phi) is 3.65. The molecule has 0 aliphatic rings. The third-order valence-electron chi connectivity index (χ3n) is 3.12. The van der Waals surface area contributed by atoms with Gasteiger partial charge in [0.25, 0.3) is 0 Å². The third-order valence-corrected chi connectivity index (χ3v) is 3.12. The number of aliphatic hydroxyl groups excluding tert-OH is 1. The zero-order valence-electron chi connectivity index (χ0n) is 11.0. The Morgan fingerprint density at radius 1 is 1.10 bits per heavy atom. The zero-order chi connectivity index (χ0) is 13.8. The second kappa shape index (κ2) is 5.75. The van der Waals surface area contributed by atoms with Gasteiger partial charge in [0.1, 0.15) is 24.1 Å². The number of fused-ring (bicyclic) bond motifs is 1. The second-order valence-corrected chi connectivity index (χ2v) is 4.66. The van der Waals surface area contributed by atoms with Gasteiger partial charge >= 0.3 is 0 Å². The lowest BCUT2D eigenvalue weighted by atomic mass is 10.3. The standard InChI is InChI=1S/C16H16N2O2/c19-14(12-20-15-6-2-1-3-7-15)11-18-10-8-13-5-4-9-17-16(13)18/h1-10,14,19H,11-12H2. The van der Waals surface area contributed by atoms with Gasteiger partial charge in [-0.25, -0.2) is 4.98 Å². The van der Waals surface area contributed by atoms with Crippen LogP contribution in [0.15, 0.2) is 60.9 Å². The van der Waals surface area contributed by atoms with Crippen molar-refractivity contribution in [2.75, 3.05) is 6.61 Å². The molecule has 2 heterocycles. The number of hydrogen-bond donors (Lipinski definition) is 1. The van der Waals surface area contributed by atoms with Gasteiger partial charge < -0.3 is 14.4 Å². The minimum atomic E-state index is -0.576. The predicted molar refractivity (Wildman–Crippen MR) is 77.7 cm³/mol. The van der Waals surface area contributed by atoms with Crippen LogP contribution in [0, 0.1) is 0 Å². The highest BCUT2D eigenvalue weighted by molar-refractivity contribution is 5.75. The van der Waals surface area contributed by atoms with E-state index in [0.29, 0.717) is 6.54 Å². The van der Waals surface area contributed by atoms with E-state index in [0.717, 1.165) is 16.8 Å². The normalized spacial score (nSPS) is 12.4. The summed E-state index contributed by atoms with van der Waals surface area (Å²) in [4.78, 5) is 4.32. The Morgan fingerprint density at radius 3 is 2.80 bits per heavy atom. The Labute approximate surface area is 117 Å². The number of aromatic nitrogens is 2. The van der Waals surface area contributed by atoms with Crippen molar-refractivity contribution in [3.05, 3.63) is 60.9 Å². The van der Waals surface area contributed by atoms with E-state index >= 15 is 0 Å². The van der Waals surface area contributed by atoms with Crippen molar-refractivity contribution in [3.63, 3.8) is 0 Å². The summed E-state index contributed by atoms with van der Waals surface area (Å²) in [5.74, 6) is 0.766. The third kappa shape index (κ3) is 2.81. The van der Waals surface area contributed by atoms with Gasteiger partial charge in [0.05, 0.1) is 6.54 Å². The number of pyridine rings is 1. The van der Waals surface area contributed by atoms with Crippen LogP contribution in [-0.4, -0.2) is 27.4 Å². The maximum Gasteiger partial charge on any atom is 0.139 e. The molecule has 1 unspecified atom stereocenters. The minimum Gasteiger partial charge on any atom is -0.491 e. The number of benzene rings is 1. The summed E-state index contributed by atoms with van der Waals surface area (Å²) in [7, 11) is 0. The number of aliphatic hydroxyl groups is 1. The van der Waals surface area contributed by atoms with Gasteiger partial charge in [0.2, 0.25) is 0 Å². The summed E-state index contributed by atoms with van der Waals surface area (Å²) < 4.78 is 7.48. The van der Waals surface area contributed by atoms with Gasteiger partial charge in [-0.15, -0.1) is 0 Å². The Bertz CT molecular complexity index is 679. The molecule has 0 radical (unpaired) electrons. The molecule has 3 rings (SSSR count). The van der Waals surface area contributed by atoms with E-state index in [9.17, 15) is 5.11 Å². The van der Waals surface area contributed by atoms with Crippen LogP contribution >= 0.6 is 0 Å². The smallest absolute Gasteiger partial charge is 0.139 e. The Balaban J connectivity index is 1.63. The maximum absolute atomic E-state index is 10.1. The quantitative estimate of drug-likeness (QED) is 0.773. The lowest BCUT2D eigenvalue weighted by molar-refractivity contribution is 0.0934. The molecule has 0 fully saturated rings. The summed E-state index contributed by atoms with van der Waals surface area (Å²) in [5, 5.41) is 11.1. The van der Waals surface area contributed by atoms with Crippen molar-refractivity contribution >= 4 is 11.0 Å². The molecule has 0 aliphatic carbocycles. The Morgan fingerprint density at radius 2 is 1.95 bits per heavy atom. The van der Waals surface area contributed by atoms with E-state index in [-0.39, 0.29) is 6.61 Å². The van der Waals surface area contributed by atoms with Gasteiger partial charge in [0, 0.05) is 17.8 Å². The van der Waals surface area contributed by atoms with Crippen LogP contribution in [-0.2, 0) is 6.54 Å². The Hall–Kier alpha value is -2.33. The summed E-state index contributed by atoms with van der Waals surface area (Å²) in [6.07, 6.45) is 3.11. The first-order valence-corrected chi connectivity index (χ1v) is 6.59. The van der Waals surface area contributed by atoms with Crippen LogP contribution in [0.25, 0.3) is 11.0 Å². The van der Waals surface area contributed by atoms with E-state index in [1.54, 1.807) is 6.20 Å². The number of nitrogens with zero attached hydrogens (tertiary/aromatic N) is 2. The number of ether oxygens (including phenoxy) is 1. The lowest BCUT2D eigenvalue weighted by Crippen LogP contribution is -2.23. The number of hydrogen-bond acceptors (Lipinski definition) is 3. The van der Waals surface area contributed by atoms with Crippen molar-refractivity contribution in [1.82, 2.24) is 9.55 Å². The van der Waals surface area contributed by atoms with E-state index in [1.165, 1.54) is 0 Å². The second-order valence-electron chi connectivity index (χ2n) is 4.66. The first-order valence-electron chi connectivity index (χ1n) is 6.59. The van der Waals surface area contributed by atoms with Crippen LogP contribution in [0.2, 0.25) is 0 Å². The average molecular weight is 268 g/mol. The predicted octanol–water partition coefficient (Wildman–Crippen LogP) is 2.48. The van der Waals surface area contributed by atoms with E-state index in [1.807, 2.05) is 59.3 Å². The fraction of sp³-hybridized carbons (Fsp3) is 0.188. The average Bonchev–Trinajstić information content (AvgIpc) is 2.90.